The van der Waals surface area contributed by atoms with Crippen molar-refractivity contribution in [1.82, 2.24) is 29.0 Å². The number of ether oxygens (including phenoxy) is 1. The first-order chi connectivity index (χ1) is 17.0. The lowest BCUT2D eigenvalue weighted by molar-refractivity contribution is -0.119. The van der Waals surface area contributed by atoms with Gasteiger partial charge in [0.2, 0.25) is 11.9 Å². The first kappa shape index (κ1) is 23.0. The van der Waals surface area contributed by atoms with E-state index in [1.54, 1.807) is 28.5 Å². The number of nitrogens with zero attached hydrogens (tertiary/aromatic N) is 5. The number of anilines is 3. The molecule has 0 aliphatic carbocycles. The van der Waals surface area contributed by atoms with Gasteiger partial charge in [-0.15, -0.1) is 5.10 Å². The number of carbonyl (C=O) groups excluding carboxylic acids is 1. The Morgan fingerprint density at radius 1 is 1.31 bits per heavy atom. The van der Waals surface area contributed by atoms with Gasteiger partial charge in [0.25, 0.3) is 5.88 Å². The summed E-state index contributed by atoms with van der Waals surface area (Å²) in [4.78, 5) is 25.3. The SMILES string of the molecule is COc1nn(C)cc1Nc1ncc(C)c(-c2c[nH]c3c(NC(=O)C4CCCN4[SH]=O)cccc23)n1. The van der Waals surface area contributed by atoms with Gasteiger partial charge < -0.3 is 20.4 Å². The summed E-state index contributed by atoms with van der Waals surface area (Å²) in [5, 5.41) is 11.3. The molecule has 1 atom stereocenters. The lowest BCUT2D eigenvalue weighted by atomic mass is 10.1. The maximum absolute atomic E-state index is 12.9. The Labute approximate surface area is 205 Å². The maximum atomic E-state index is 12.9. The molecule has 182 valence electrons. The largest absolute Gasteiger partial charge is 0.478 e. The molecule has 4 heterocycles. The Morgan fingerprint density at radius 3 is 2.97 bits per heavy atom. The number of hydrogen-bond donors (Lipinski definition) is 4. The van der Waals surface area contributed by atoms with Crippen LogP contribution in [0.1, 0.15) is 18.4 Å². The fraction of sp³-hybridized carbons (Fsp3) is 0.304. The first-order valence-corrected chi connectivity index (χ1v) is 11.9. The van der Waals surface area contributed by atoms with Gasteiger partial charge in [-0.1, -0.05) is 12.1 Å². The summed E-state index contributed by atoms with van der Waals surface area (Å²) in [6, 6.07) is 5.32. The fourth-order valence-electron chi connectivity index (χ4n) is 4.39. The van der Waals surface area contributed by atoms with Crippen molar-refractivity contribution in [3.05, 3.63) is 42.4 Å². The number of amides is 1. The maximum Gasteiger partial charge on any atom is 0.256 e. The zero-order valence-electron chi connectivity index (χ0n) is 19.6. The summed E-state index contributed by atoms with van der Waals surface area (Å²) >= 11 is -0.124. The van der Waals surface area contributed by atoms with E-state index in [4.69, 9.17) is 9.72 Å². The number of aromatic nitrogens is 5. The number of fused-ring (bicyclic) bond motifs is 1. The second-order valence-corrected chi connectivity index (χ2v) is 9.08. The molecule has 1 amide bonds. The summed E-state index contributed by atoms with van der Waals surface area (Å²) in [5.41, 5.74) is 4.66. The summed E-state index contributed by atoms with van der Waals surface area (Å²) in [7, 11) is 3.36. The number of aryl methyl sites for hydroxylation is 2. The average molecular weight is 495 g/mol. The van der Waals surface area contributed by atoms with Crippen LogP contribution in [-0.4, -0.2) is 58.9 Å². The summed E-state index contributed by atoms with van der Waals surface area (Å²) < 4.78 is 20.0. The molecule has 1 saturated heterocycles. The number of thiol groups is 1. The lowest BCUT2D eigenvalue weighted by Crippen LogP contribution is -2.37. The predicted octanol–water partition coefficient (Wildman–Crippen LogP) is 2.68. The van der Waals surface area contributed by atoms with Crippen molar-refractivity contribution >= 4 is 46.0 Å². The van der Waals surface area contributed by atoms with E-state index in [9.17, 15) is 9.00 Å². The van der Waals surface area contributed by atoms with Crippen LogP contribution in [0.25, 0.3) is 22.2 Å². The van der Waals surface area contributed by atoms with E-state index in [0.717, 1.165) is 34.1 Å². The van der Waals surface area contributed by atoms with Gasteiger partial charge in [0.15, 0.2) is 0 Å². The molecule has 1 aliphatic heterocycles. The third-order valence-corrected chi connectivity index (χ3v) is 6.76. The van der Waals surface area contributed by atoms with Crippen LogP contribution in [-0.2, 0) is 23.7 Å². The van der Waals surface area contributed by atoms with Gasteiger partial charge in [0.1, 0.15) is 11.7 Å². The third kappa shape index (κ3) is 4.37. The molecule has 1 fully saturated rings. The normalized spacial score (nSPS) is 16.0. The zero-order chi connectivity index (χ0) is 24.5. The molecule has 4 aromatic rings. The number of carbonyl (C=O) groups is 1. The van der Waals surface area contributed by atoms with Crippen molar-refractivity contribution in [2.45, 2.75) is 25.8 Å². The molecule has 0 radical (unpaired) electrons. The zero-order valence-corrected chi connectivity index (χ0v) is 20.5. The highest BCUT2D eigenvalue weighted by atomic mass is 32.2. The number of methoxy groups -OCH3 is 1. The second-order valence-electron chi connectivity index (χ2n) is 8.40. The number of nitrogens with one attached hydrogen (secondary N) is 3. The van der Waals surface area contributed by atoms with Crippen molar-refractivity contribution in [1.29, 1.82) is 0 Å². The van der Waals surface area contributed by atoms with Crippen molar-refractivity contribution in [2.75, 3.05) is 24.3 Å². The molecule has 3 aromatic heterocycles. The lowest BCUT2D eigenvalue weighted by Gasteiger charge is -2.17. The van der Waals surface area contributed by atoms with E-state index in [2.05, 4.69) is 25.7 Å². The molecule has 12 heteroatoms. The number of hydrogen-bond acceptors (Lipinski definition) is 7. The minimum atomic E-state index is -0.402. The average Bonchev–Trinajstić information content (AvgIpc) is 3.58. The topological polar surface area (TPSA) is 130 Å². The molecule has 0 saturated carbocycles. The summed E-state index contributed by atoms with van der Waals surface area (Å²) in [6.45, 7) is 2.60. The number of aromatic amines is 1. The molecule has 3 N–H and O–H groups in total. The minimum Gasteiger partial charge on any atom is -0.478 e. The van der Waals surface area contributed by atoms with Crippen LogP contribution in [0.4, 0.5) is 17.3 Å². The smallest absolute Gasteiger partial charge is 0.256 e. The van der Waals surface area contributed by atoms with Crippen molar-refractivity contribution in [2.24, 2.45) is 7.05 Å². The van der Waals surface area contributed by atoms with Gasteiger partial charge in [-0.2, -0.15) is 0 Å². The van der Waals surface area contributed by atoms with Crippen molar-refractivity contribution in [3.63, 3.8) is 0 Å². The molecule has 11 nitrogen and oxygen atoms in total. The van der Waals surface area contributed by atoms with Gasteiger partial charge in [0.05, 0.1) is 42.1 Å². The van der Waals surface area contributed by atoms with Crippen LogP contribution in [0.15, 0.2) is 36.8 Å². The Balaban J connectivity index is 1.46. The third-order valence-electron chi connectivity index (χ3n) is 6.07. The van der Waals surface area contributed by atoms with E-state index in [-0.39, 0.29) is 17.8 Å². The monoisotopic (exact) mass is 494 g/mol. The molecular weight excluding hydrogens is 468 g/mol. The number of benzene rings is 1. The van der Waals surface area contributed by atoms with Gasteiger partial charge >= 0.3 is 0 Å². The molecule has 1 unspecified atom stereocenters. The Hall–Kier alpha value is -3.77. The molecule has 0 spiro atoms. The van der Waals surface area contributed by atoms with Gasteiger partial charge in [-0.05, 0) is 31.4 Å². The van der Waals surface area contributed by atoms with Crippen LogP contribution < -0.4 is 15.4 Å². The van der Waals surface area contributed by atoms with E-state index in [0.29, 0.717) is 36.2 Å². The van der Waals surface area contributed by atoms with Crippen molar-refractivity contribution in [3.8, 4) is 17.1 Å². The van der Waals surface area contributed by atoms with Crippen LogP contribution in [0.5, 0.6) is 5.88 Å². The highest BCUT2D eigenvalue weighted by molar-refractivity contribution is 7.63. The van der Waals surface area contributed by atoms with Gasteiger partial charge in [0, 0.05) is 36.9 Å². The number of rotatable bonds is 7. The second kappa shape index (κ2) is 9.47. The van der Waals surface area contributed by atoms with Crippen molar-refractivity contribution < 1.29 is 13.7 Å². The fourth-order valence-corrected chi connectivity index (χ4v) is 4.94. The van der Waals surface area contributed by atoms with E-state index >= 15 is 0 Å². The van der Waals surface area contributed by atoms with Gasteiger partial charge in [-0.3, -0.25) is 9.48 Å². The van der Waals surface area contributed by atoms with E-state index < -0.39 is 6.04 Å². The predicted molar refractivity (Wildman–Crippen MR) is 135 cm³/mol. The Morgan fingerprint density at radius 2 is 2.17 bits per heavy atom. The summed E-state index contributed by atoms with van der Waals surface area (Å²) in [5.74, 6) is 0.696. The molecule has 5 rings (SSSR count). The molecule has 1 aromatic carbocycles. The van der Waals surface area contributed by atoms with Gasteiger partial charge in [-0.25, -0.2) is 18.5 Å². The van der Waals surface area contributed by atoms with Crippen LogP contribution in [0, 0.1) is 6.92 Å². The highest BCUT2D eigenvalue weighted by Gasteiger charge is 2.30. The molecule has 35 heavy (non-hydrogen) atoms. The number of H-pyrrole nitrogens is 1. The highest BCUT2D eigenvalue weighted by Crippen LogP contribution is 2.34. The molecular formula is C23H26N8O3S. The first-order valence-electron chi connectivity index (χ1n) is 11.2. The van der Waals surface area contributed by atoms with Crippen LogP contribution in [0.2, 0.25) is 0 Å². The minimum absolute atomic E-state index is 0.124. The molecule has 1 aliphatic rings. The molecule has 0 bridgehead atoms. The van der Waals surface area contributed by atoms with E-state index in [1.807, 2.05) is 38.4 Å². The Bertz CT molecular complexity index is 1420. The van der Waals surface area contributed by atoms with E-state index in [1.165, 1.54) is 0 Å². The Kier molecular flexibility index (Phi) is 6.22. The van der Waals surface area contributed by atoms with Crippen LogP contribution >= 0.6 is 0 Å². The summed E-state index contributed by atoms with van der Waals surface area (Å²) in [6.07, 6.45) is 6.96. The number of para-hydroxylation sites is 1. The quantitative estimate of drug-likeness (QED) is 0.291. The standard InChI is InChI=1S/C23H26N8O3S/c1-13-10-25-23(27-17-12-30(2)29-22(17)34-3)28-19(13)15-11-24-20-14(15)6-4-7-16(20)26-21(32)18-8-5-9-31(18)35-33/h4,6-7,10-12,18,24,35H,5,8-9H2,1-3H3,(H,26,32)(H,25,27,28). The van der Waals surface area contributed by atoms with Crippen LogP contribution in [0.3, 0.4) is 0 Å².